The van der Waals surface area contributed by atoms with Crippen LogP contribution in [0.2, 0.25) is 0 Å². The highest BCUT2D eigenvalue weighted by molar-refractivity contribution is 5.97. The summed E-state index contributed by atoms with van der Waals surface area (Å²) in [5.41, 5.74) is 26.7. The summed E-state index contributed by atoms with van der Waals surface area (Å²) in [6.07, 6.45) is 3.28. The lowest BCUT2D eigenvalue weighted by Crippen LogP contribution is -2.32. The first-order chi connectivity index (χ1) is 39.2. The summed E-state index contributed by atoms with van der Waals surface area (Å²) in [5.74, 6) is 2.26. The van der Waals surface area contributed by atoms with Crippen LogP contribution in [0.5, 0.6) is 11.5 Å². The van der Waals surface area contributed by atoms with Gasteiger partial charge in [-0.05, 0) is 174 Å². The second-order valence-corrected chi connectivity index (χ2v) is 21.4. The van der Waals surface area contributed by atoms with Gasteiger partial charge < -0.3 is 9.64 Å². The lowest BCUT2D eigenvalue weighted by atomic mass is 9.64. The molecule has 12 aromatic rings. The van der Waals surface area contributed by atoms with Crippen LogP contribution >= 0.6 is 0 Å². The molecule has 3 aliphatic rings. The predicted molar refractivity (Wildman–Crippen MR) is 327 cm³/mol. The Labute approximate surface area is 463 Å². The highest BCUT2D eigenvalue weighted by Gasteiger charge is 2.52. The van der Waals surface area contributed by atoms with Gasteiger partial charge in [0.25, 0.3) is 0 Å². The van der Waals surface area contributed by atoms with Crippen molar-refractivity contribution in [1.29, 1.82) is 0 Å². The summed E-state index contributed by atoms with van der Waals surface area (Å²) < 4.78 is 6.73. The fraction of sp³-hybridized carbons (Fsp3) is 0.0649. The third-order valence-corrected chi connectivity index (χ3v) is 17.1. The standard InChI is InChI=1S/C77H55NO/c1-3-18-52(19-4-1)34-35-59-50-58-22-7-8-24-64(58)70-51-57(42-49-65(59)70)55-38-45-61(46-39-55)78(60-43-36-54(37-44-60)53-20-5-2-6-21-53)62-47-40-56(41-48-62)63-23-9-10-25-66(63)68-27-17-28-69-67-26-11-12-29-71(67)77(76(68)69)72-30-13-15-32-74(72)79-75-33-16-14-31-73(75)77/h1-33,36-49,51,59H,34-35,50H2. The minimum absolute atomic E-state index is 0.473. The number of rotatable bonds is 10. The number of anilines is 3. The van der Waals surface area contributed by atoms with E-state index in [4.69, 9.17) is 4.74 Å². The second kappa shape index (κ2) is 19.4. The smallest absolute Gasteiger partial charge is 0.132 e. The van der Waals surface area contributed by atoms with Crippen molar-refractivity contribution >= 4 is 17.1 Å². The molecule has 0 radical (unpaired) electrons. The summed E-state index contributed by atoms with van der Waals surface area (Å²) in [7, 11) is 0. The zero-order valence-electron chi connectivity index (χ0n) is 43.8. The van der Waals surface area contributed by atoms with E-state index in [2.05, 4.69) is 296 Å². The van der Waals surface area contributed by atoms with Crippen molar-refractivity contribution in [3.05, 3.63) is 330 Å². The van der Waals surface area contributed by atoms with E-state index in [1.165, 1.54) is 89.0 Å². The molecule has 0 N–H and O–H groups in total. The number of nitrogens with zero attached hydrogens (tertiary/aromatic N) is 1. The van der Waals surface area contributed by atoms with Crippen LogP contribution in [0.25, 0.3) is 66.8 Å². The van der Waals surface area contributed by atoms with Crippen molar-refractivity contribution in [3.63, 3.8) is 0 Å². The first kappa shape index (κ1) is 46.5. The molecular formula is C77H55NO. The van der Waals surface area contributed by atoms with E-state index in [9.17, 15) is 0 Å². The molecular weight excluding hydrogens is 955 g/mol. The Morgan fingerprint density at radius 1 is 0.342 bits per heavy atom. The van der Waals surface area contributed by atoms with Crippen LogP contribution in [0, 0.1) is 0 Å². The normalized spacial score (nSPS) is 13.9. The fourth-order valence-electron chi connectivity index (χ4n) is 13.5. The fourth-order valence-corrected chi connectivity index (χ4v) is 13.5. The second-order valence-electron chi connectivity index (χ2n) is 21.4. The van der Waals surface area contributed by atoms with Crippen LogP contribution in [0.4, 0.5) is 17.1 Å². The number of hydrogen-bond donors (Lipinski definition) is 0. The number of ether oxygens (including phenoxy) is 1. The average Bonchev–Trinajstić information content (AvgIpc) is 2.96. The van der Waals surface area contributed by atoms with Crippen molar-refractivity contribution in [1.82, 2.24) is 0 Å². The van der Waals surface area contributed by atoms with Crippen LogP contribution in [0.3, 0.4) is 0 Å². The van der Waals surface area contributed by atoms with Gasteiger partial charge in [-0.15, -0.1) is 0 Å². The molecule has 12 aromatic carbocycles. The number of para-hydroxylation sites is 2. The molecule has 1 spiro atoms. The molecule has 15 rings (SSSR count). The molecule has 1 heterocycles. The summed E-state index contributed by atoms with van der Waals surface area (Å²) in [4.78, 5) is 2.39. The van der Waals surface area contributed by atoms with Gasteiger partial charge in [-0.3, -0.25) is 0 Å². The van der Waals surface area contributed by atoms with Crippen LogP contribution in [-0.2, 0) is 18.3 Å². The molecule has 2 aliphatic carbocycles. The Balaban J connectivity index is 0.808. The molecule has 2 heteroatoms. The Hall–Kier alpha value is -9.76. The first-order valence-corrected chi connectivity index (χ1v) is 27.8. The maximum atomic E-state index is 6.73. The molecule has 2 nitrogen and oxygen atoms in total. The highest BCUT2D eigenvalue weighted by atomic mass is 16.5. The van der Waals surface area contributed by atoms with Crippen LogP contribution in [-0.4, -0.2) is 0 Å². The SMILES string of the molecule is c1ccc(CCC2Cc3ccccc3-c3cc(-c4ccc(N(c5ccc(-c6ccccc6)cc5)c5ccc(-c6ccccc6-c6cccc7c6C6(c8ccccc8Oc8ccccc86)c6ccccc6-7)cc5)cc4)ccc32)cc1. The number of aryl methyl sites for hydroxylation is 1. The Morgan fingerprint density at radius 2 is 0.810 bits per heavy atom. The van der Waals surface area contributed by atoms with Gasteiger partial charge in [0, 0.05) is 28.2 Å². The highest BCUT2D eigenvalue weighted by Crippen LogP contribution is 2.64. The molecule has 1 atom stereocenters. The molecule has 0 aromatic heterocycles. The first-order valence-electron chi connectivity index (χ1n) is 27.8. The molecule has 1 aliphatic heterocycles. The Bertz CT molecular complexity index is 4190. The molecule has 79 heavy (non-hydrogen) atoms. The van der Waals surface area contributed by atoms with Crippen LogP contribution < -0.4 is 9.64 Å². The maximum absolute atomic E-state index is 6.73. The van der Waals surface area contributed by atoms with Crippen molar-refractivity contribution in [2.45, 2.75) is 30.6 Å². The topological polar surface area (TPSA) is 12.5 Å². The monoisotopic (exact) mass is 1010 g/mol. The van der Waals surface area contributed by atoms with Crippen molar-refractivity contribution in [2.75, 3.05) is 4.90 Å². The number of benzene rings is 12. The van der Waals surface area contributed by atoms with Crippen LogP contribution in [0.1, 0.15) is 51.3 Å². The third kappa shape index (κ3) is 7.85. The van der Waals surface area contributed by atoms with Gasteiger partial charge in [0.1, 0.15) is 11.5 Å². The van der Waals surface area contributed by atoms with Gasteiger partial charge in [-0.25, -0.2) is 0 Å². The summed E-state index contributed by atoms with van der Waals surface area (Å²) in [6, 6.07) is 107. The summed E-state index contributed by atoms with van der Waals surface area (Å²) in [5, 5.41) is 0. The minimum atomic E-state index is -0.589. The minimum Gasteiger partial charge on any atom is -0.457 e. The molecule has 0 amide bonds. The number of hydrogen-bond acceptors (Lipinski definition) is 2. The van der Waals surface area contributed by atoms with Crippen molar-refractivity contribution in [3.8, 4) is 78.3 Å². The lowest BCUT2D eigenvalue weighted by molar-refractivity contribution is 0.436. The average molecular weight is 1010 g/mol. The molecule has 0 fully saturated rings. The molecule has 374 valence electrons. The van der Waals surface area contributed by atoms with Gasteiger partial charge in [0.15, 0.2) is 0 Å². The van der Waals surface area contributed by atoms with E-state index in [1.807, 2.05) is 0 Å². The maximum Gasteiger partial charge on any atom is 0.132 e. The lowest BCUT2D eigenvalue weighted by Gasteiger charge is -2.40. The summed E-state index contributed by atoms with van der Waals surface area (Å²) >= 11 is 0. The predicted octanol–water partition coefficient (Wildman–Crippen LogP) is 20.2. The molecule has 0 bridgehead atoms. The van der Waals surface area contributed by atoms with Gasteiger partial charge in [0.05, 0.1) is 5.41 Å². The number of fused-ring (bicyclic) bond motifs is 12. The molecule has 0 saturated carbocycles. The quantitative estimate of drug-likeness (QED) is 0.135. The van der Waals surface area contributed by atoms with Crippen molar-refractivity contribution in [2.24, 2.45) is 0 Å². The van der Waals surface area contributed by atoms with E-state index in [0.29, 0.717) is 5.92 Å². The Kier molecular flexibility index (Phi) is 11.4. The molecule has 1 unspecified atom stereocenters. The van der Waals surface area contributed by atoms with Crippen molar-refractivity contribution < 1.29 is 4.74 Å². The van der Waals surface area contributed by atoms with Gasteiger partial charge in [-0.1, -0.05) is 237 Å². The largest absolute Gasteiger partial charge is 0.457 e. The van der Waals surface area contributed by atoms with Gasteiger partial charge >= 0.3 is 0 Å². The zero-order valence-corrected chi connectivity index (χ0v) is 43.8. The van der Waals surface area contributed by atoms with Gasteiger partial charge in [0.2, 0.25) is 0 Å². The molecule has 0 saturated heterocycles. The summed E-state index contributed by atoms with van der Waals surface area (Å²) in [6.45, 7) is 0. The third-order valence-electron chi connectivity index (χ3n) is 17.1. The van der Waals surface area contributed by atoms with E-state index in [0.717, 1.165) is 64.5 Å². The van der Waals surface area contributed by atoms with E-state index < -0.39 is 5.41 Å². The zero-order chi connectivity index (χ0) is 52.3. The van der Waals surface area contributed by atoms with E-state index >= 15 is 0 Å². The van der Waals surface area contributed by atoms with Crippen LogP contribution in [0.15, 0.2) is 291 Å². The van der Waals surface area contributed by atoms with E-state index in [1.54, 1.807) is 0 Å². The Morgan fingerprint density at radius 3 is 1.47 bits per heavy atom. The van der Waals surface area contributed by atoms with Gasteiger partial charge in [-0.2, -0.15) is 0 Å². The van der Waals surface area contributed by atoms with E-state index in [-0.39, 0.29) is 0 Å².